The van der Waals surface area contributed by atoms with E-state index in [1.165, 1.54) is 12.1 Å². The molecule has 0 aromatic heterocycles. The number of nitrogens with zero attached hydrogens (tertiary/aromatic N) is 1. The van der Waals surface area contributed by atoms with Crippen LogP contribution in [0.2, 0.25) is 5.02 Å². The van der Waals surface area contributed by atoms with Gasteiger partial charge in [-0.05, 0) is 51.7 Å². The van der Waals surface area contributed by atoms with Gasteiger partial charge in [0.25, 0.3) is 0 Å². The molecule has 0 fully saturated rings. The first kappa shape index (κ1) is 17.9. The van der Waals surface area contributed by atoms with Crippen molar-refractivity contribution in [3.8, 4) is 0 Å². The summed E-state index contributed by atoms with van der Waals surface area (Å²) in [5, 5.41) is 8.90. The average Bonchev–Trinajstić information content (AvgIpc) is 2.37. The van der Waals surface area contributed by atoms with E-state index in [-0.39, 0.29) is 22.0 Å². The lowest BCUT2D eigenvalue weighted by molar-refractivity contribution is 0.0696. The molecule has 2 N–H and O–H groups in total. The van der Waals surface area contributed by atoms with E-state index in [2.05, 4.69) is 4.72 Å². The Labute approximate surface area is 129 Å². The van der Waals surface area contributed by atoms with Crippen molar-refractivity contribution in [3.63, 3.8) is 0 Å². The summed E-state index contributed by atoms with van der Waals surface area (Å²) in [7, 11) is 0.0850. The Hall–Kier alpha value is -1.15. The number of halogens is 1. The van der Waals surface area contributed by atoms with E-state index >= 15 is 0 Å². The van der Waals surface area contributed by atoms with Gasteiger partial charge < -0.3 is 10.0 Å². The van der Waals surface area contributed by atoms with Gasteiger partial charge in [-0.2, -0.15) is 0 Å². The molecule has 1 aromatic rings. The molecular formula is C13H19ClN2O4S. The highest BCUT2D eigenvalue weighted by atomic mass is 35.5. The van der Waals surface area contributed by atoms with Crippen molar-refractivity contribution < 1.29 is 18.3 Å². The van der Waals surface area contributed by atoms with Crippen molar-refractivity contribution in [1.29, 1.82) is 0 Å². The van der Waals surface area contributed by atoms with Crippen LogP contribution in [0.4, 0.5) is 0 Å². The second-order valence-electron chi connectivity index (χ2n) is 4.86. The van der Waals surface area contributed by atoms with Crippen molar-refractivity contribution in [3.05, 3.63) is 28.8 Å². The molecule has 0 unspecified atom stereocenters. The smallest absolute Gasteiger partial charge is 0.335 e. The Morgan fingerprint density at radius 1 is 1.33 bits per heavy atom. The highest BCUT2D eigenvalue weighted by molar-refractivity contribution is 7.89. The van der Waals surface area contributed by atoms with Gasteiger partial charge in [0.15, 0.2) is 0 Å². The minimum absolute atomic E-state index is 0.000733. The third kappa shape index (κ3) is 5.62. The highest BCUT2D eigenvalue weighted by Gasteiger charge is 2.19. The van der Waals surface area contributed by atoms with E-state index < -0.39 is 16.0 Å². The van der Waals surface area contributed by atoms with Gasteiger partial charge in [0.2, 0.25) is 10.0 Å². The molecule has 0 aliphatic heterocycles. The molecule has 0 spiro atoms. The molecule has 1 rings (SSSR count). The largest absolute Gasteiger partial charge is 0.478 e. The first-order valence-corrected chi connectivity index (χ1v) is 8.27. The monoisotopic (exact) mass is 334 g/mol. The van der Waals surface area contributed by atoms with E-state index in [9.17, 15) is 13.2 Å². The van der Waals surface area contributed by atoms with Crippen molar-refractivity contribution >= 4 is 27.6 Å². The number of carboxylic acids is 1. The van der Waals surface area contributed by atoms with Gasteiger partial charge in [0.1, 0.15) is 4.90 Å². The summed E-state index contributed by atoms with van der Waals surface area (Å²) >= 11 is 5.85. The van der Waals surface area contributed by atoms with E-state index in [0.29, 0.717) is 6.42 Å². The zero-order valence-electron chi connectivity index (χ0n) is 12.0. The van der Waals surface area contributed by atoms with E-state index in [1.54, 1.807) is 0 Å². The van der Waals surface area contributed by atoms with E-state index in [0.717, 1.165) is 19.0 Å². The Kier molecular flexibility index (Phi) is 6.60. The molecule has 118 valence electrons. The maximum atomic E-state index is 12.1. The Morgan fingerprint density at radius 2 is 2.00 bits per heavy atom. The second kappa shape index (κ2) is 7.74. The van der Waals surface area contributed by atoms with Gasteiger partial charge in [-0.3, -0.25) is 0 Å². The number of nitrogens with one attached hydrogen (secondary N) is 1. The zero-order valence-corrected chi connectivity index (χ0v) is 13.5. The first-order valence-electron chi connectivity index (χ1n) is 6.41. The van der Waals surface area contributed by atoms with Crippen molar-refractivity contribution in [2.24, 2.45) is 0 Å². The molecule has 21 heavy (non-hydrogen) atoms. The highest BCUT2D eigenvalue weighted by Crippen LogP contribution is 2.22. The molecule has 0 bridgehead atoms. The molecule has 8 heteroatoms. The molecule has 0 saturated carbocycles. The standard InChI is InChI=1S/C13H19ClN2O4S/c1-16(2)8-4-3-7-15-21(19,20)12-9-10(13(17)18)5-6-11(12)14/h5-6,9,15H,3-4,7-8H2,1-2H3,(H,17,18). The number of aromatic carboxylic acids is 1. The lowest BCUT2D eigenvalue weighted by Crippen LogP contribution is -2.26. The van der Waals surface area contributed by atoms with Crippen LogP contribution < -0.4 is 4.72 Å². The van der Waals surface area contributed by atoms with Crippen LogP contribution in [0.3, 0.4) is 0 Å². The quantitative estimate of drug-likeness (QED) is 0.706. The molecule has 0 saturated heterocycles. The fourth-order valence-electron chi connectivity index (χ4n) is 1.68. The summed E-state index contributed by atoms with van der Waals surface area (Å²) in [6.45, 7) is 1.15. The first-order chi connectivity index (χ1) is 9.74. The number of carboxylic acid groups (broad SMARTS) is 1. The van der Waals surface area contributed by atoms with Gasteiger partial charge in [0, 0.05) is 6.54 Å². The van der Waals surface area contributed by atoms with Gasteiger partial charge >= 0.3 is 5.97 Å². The Morgan fingerprint density at radius 3 is 2.57 bits per heavy atom. The molecular weight excluding hydrogens is 316 g/mol. The maximum absolute atomic E-state index is 12.1. The van der Waals surface area contributed by atoms with Crippen LogP contribution in [-0.2, 0) is 10.0 Å². The van der Waals surface area contributed by atoms with Crippen LogP contribution in [0.1, 0.15) is 23.2 Å². The fraction of sp³-hybridized carbons (Fsp3) is 0.462. The van der Waals surface area contributed by atoms with Crippen molar-refractivity contribution in [2.45, 2.75) is 17.7 Å². The van der Waals surface area contributed by atoms with E-state index in [4.69, 9.17) is 16.7 Å². The fourth-order valence-corrected chi connectivity index (χ4v) is 3.28. The average molecular weight is 335 g/mol. The third-order valence-corrected chi connectivity index (χ3v) is 4.73. The molecule has 1 aromatic carbocycles. The van der Waals surface area contributed by atoms with Crippen LogP contribution in [0.25, 0.3) is 0 Å². The van der Waals surface area contributed by atoms with Gasteiger partial charge in [-0.15, -0.1) is 0 Å². The van der Waals surface area contributed by atoms with Crippen molar-refractivity contribution in [2.75, 3.05) is 27.2 Å². The number of sulfonamides is 1. The van der Waals surface area contributed by atoms with Crippen LogP contribution in [0.5, 0.6) is 0 Å². The molecule has 0 aliphatic rings. The lowest BCUT2D eigenvalue weighted by atomic mass is 10.2. The summed E-state index contributed by atoms with van der Waals surface area (Å²) < 4.78 is 26.7. The lowest BCUT2D eigenvalue weighted by Gasteiger charge is -2.11. The van der Waals surface area contributed by atoms with Crippen molar-refractivity contribution in [1.82, 2.24) is 9.62 Å². The van der Waals surface area contributed by atoms with Gasteiger partial charge in [-0.1, -0.05) is 11.6 Å². The van der Waals surface area contributed by atoms with Gasteiger partial charge in [0.05, 0.1) is 10.6 Å². The molecule has 0 aliphatic carbocycles. The number of hydrogen-bond acceptors (Lipinski definition) is 4. The zero-order chi connectivity index (χ0) is 16.0. The number of benzene rings is 1. The Bertz CT molecular complexity index is 602. The number of rotatable bonds is 8. The SMILES string of the molecule is CN(C)CCCCNS(=O)(=O)c1cc(C(=O)O)ccc1Cl. The van der Waals surface area contributed by atoms with Crippen LogP contribution in [-0.4, -0.2) is 51.6 Å². The molecule has 0 heterocycles. The molecule has 6 nitrogen and oxygen atoms in total. The molecule has 0 radical (unpaired) electrons. The maximum Gasteiger partial charge on any atom is 0.335 e. The second-order valence-corrected chi connectivity index (χ2v) is 7.00. The summed E-state index contributed by atoms with van der Waals surface area (Å²) in [6, 6.07) is 3.60. The minimum Gasteiger partial charge on any atom is -0.478 e. The van der Waals surface area contributed by atoms with E-state index in [1.807, 2.05) is 19.0 Å². The van der Waals surface area contributed by atoms with Crippen LogP contribution in [0.15, 0.2) is 23.1 Å². The summed E-state index contributed by atoms with van der Waals surface area (Å²) in [6.07, 6.45) is 1.55. The summed E-state index contributed by atoms with van der Waals surface area (Å²) in [5.41, 5.74) is -0.118. The summed E-state index contributed by atoms with van der Waals surface area (Å²) in [5.74, 6) is -1.20. The normalized spacial score (nSPS) is 11.8. The summed E-state index contributed by atoms with van der Waals surface area (Å²) in [4.78, 5) is 12.7. The molecule has 0 atom stereocenters. The topological polar surface area (TPSA) is 86.7 Å². The molecule has 0 amide bonds. The predicted octanol–water partition coefficient (Wildman–Crippen LogP) is 1.66. The van der Waals surface area contributed by atoms with Crippen LogP contribution >= 0.6 is 11.6 Å². The number of hydrogen-bond donors (Lipinski definition) is 2. The van der Waals surface area contributed by atoms with Gasteiger partial charge in [-0.25, -0.2) is 17.9 Å². The number of carbonyl (C=O) groups is 1. The minimum atomic E-state index is -3.81. The predicted molar refractivity (Wildman–Crippen MR) is 81.4 cm³/mol. The third-order valence-electron chi connectivity index (χ3n) is 2.79. The van der Waals surface area contributed by atoms with Crippen LogP contribution in [0, 0.1) is 0 Å². The number of unbranched alkanes of at least 4 members (excludes halogenated alkanes) is 1. The Balaban J connectivity index is 2.74.